The van der Waals surface area contributed by atoms with E-state index in [9.17, 15) is 9.59 Å². The van der Waals surface area contributed by atoms with Gasteiger partial charge < -0.3 is 10.6 Å². The maximum atomic E-state index is 11.5. The minimum absolute atomic E-state index is 0.301. The number of hydrogen-bond acceptors (Lipinski definition) is 3. The van der Waals surface area contributed by atoms with Crippen LogP contribution in [-0.2, 0) is 4.79 Å². The van der Waals surface area contributed by atoms with Gasteiger partial charge in [0.2, 0.25) is 5.91 Å². The van der Waals surface area contributed by atoms with Crippen LogP contribution in [0, 0.1) is 0 Å². The Bertz CT molecular complexity index is 313. The van der Waals surface area contributed by atoms with Gasteiger partial charge in [-0.1, -0.05) is 11.6 Å². The molecule has 1 rings (SSSR count). The molecule has 5 nitrogen and oxygen atoms in total. The number of carbonyl (C=O) groups excluding carboxylic acids is 2. The zero-order valence-corrected chi connectivity index (χ0v) is 10.5. The lowest BCUT2D eigenvalue weighted by Gasteiger charge is -2.13. The summed E-state index contributed by atoms with van der Waals surface area (Å²) in [5, 5.41) is 7.69. The van der Waals surface area contributed by atoms with Crippen LogP contribution in [0.1, 0.15) is 32.6 Å². The molecule has 0 bridgehead atoms. The van der Waals surface area contributed by atoms with Crippen molar-refractivity contribution in [2.75, 3.05) is 13.6 Å². The summed E-state index contributed by atoms with van der Waals surface area (Å²) in [4.78, 5) is 22.4. The first-order chi connectivity index (χ1) is 8.13. The molecule has 0 aromatic carbocycles. The van der Waals surface area contributed by atoms with E-state index < -0.39 is 6.03 Å². The predicted octanol–water partition coefficient (Wildman–Crippen LogP) is 0.920. The molecular weight excluding hydrogens is 218 g/mol. The van der Waals surface area contributed by atoms with Gasteiger partial charge in [-0.3, -0.25) is 10.1 Å². The molecule has 1 aliphatic rings. The van der Waals surface area contributed by atoms with Crippen LogP contribution in [0.15, 0.2) is 11.6 Å². The molecule has 1 aliphatic carbocycles. The maximum Gasteiger partial charge on any atom is 0.321 e. The average Bonchev–Trinajstić information content (AvgIpc) is 2.81. The third-order valence-corrected chi connectivity index (χ3v) is 2.89. The van der Waals surface area contributed by atoms with Gasteiger partial charge in [0.1, 0.15) is 0 Å². The molecule has 0 aliphatic heterocycles. The first kappa shape index (κ1) is 13.7. The Morgan fingerprint density at radius 3 is 2.82 bits per heavy atom. The van der Waals surface area contributed by atoms with Crippen molar-refractivity contribution in [3.8, 4) is 0 Å². The SMILES string of the molecule is CNC(=O)NC(=O)C(C)NCCC1=CCCC1. The molecule has 5 heteroatoms. The van der Waals surface area contributed by atoms with Crippen molar-refractivity contribution in [2.45, 2.75) is 38.6 Å². The lowest BCUT2D eigenvalue weighted by atomic mass is 10.1. The van der Waals surface area contributed by atoms with Crippen molar-refractivity contribution in [1.82, 2.24) is 16.0 Å². The summed E-state index contributed by atoms with van der Waals surface area (Å²) in [6, 6.07) is -0.823. The van der Waals surface area contributed by atoms with E-state index in [2.05, 4.69) is 22.0 Å². The highest BCUT2D eigenvalue weighted by Crippen LogP contribution is 2.19. The minimum atomic E-state index is -0.470. The van der Waals surface area contributed by atoms with Crippen LogP contribution < -0.4 is 16.0 Å². The highest BCUT2D eigenvalue weighted by molar-refractivity contribution is 5.96. The molecule has 0 spiro atoms. The minimum Gasteiger partial charge on any atom is -0.341 e. The van der Waals surface area contributed by atoms with E-state index in [4.69, 9.17) is 0 Å². The lowest BCUT2D eigenvalue weighted by molar-refractivity contribution is -0.121. The van der Waals surface area contributed by atoms with Gasteiger partial charge in [-0.2, -0.15) is 0 Å². The monoisotopic (exact) mass is 239 g/mol. The van der Waals surface area contributed by atoms with Crippen LogP contribution in [0.25, 0.3) is 0 Å². The zero-order chi connectivity index (χ0) is 12.7. The number of rotatable bonds is 5. The van der Waals surface area contributed by atoms with Crippen LogP contribution in [-0.4, -0.2) is 31.6 Å². The molecule has 96 valence electrons. The first-order valence-corrected chi connectivity index (χ1v) is 6.07. The number of amides is 3. The van der Waals surface area contributed by atoms with E-state index in [1.54, 1.807) is 6.92 Å². The van der Waals surface area contributed by atoms with Crippen molar-refractivity contribution in [3.63, 3.8) is 0 Å². The quantitative estimate of drug-likeness (QED) is 0.625. The van der Waals surface area contributed by atoms with Crippen molar-refractivity contribution < 1.29 is 9.59 Å². The number of hydrogen-bond donors (Lipinski definition) is 3. The Morgan fingerprint density at radius 1 is 1.47 bits per heavy atom. The molecule has 0 radical (unpaired) electrons. The van der Waals surface area contributed by atoms with E-state index >= 15 is 0 Å². The lowest BCUT2D eigenvalue weighted by Crippen LogP contribution is -2.47. The Balaban J connectivity index is 2.17. The zero-order valence-electron chi connectivity index (χ0n) is 10.5. The van der Waals surface area contributed by atoms with E-state index in [1.807, 2.05) is 0 Å². The van der Waals surface area contributed by atoms with Crippen molar-refractivity contribution in [3.05, 3.63) is 11.6 Å². The molecule has 3 amide bonds. The van der Waals surface area contributed by atoms with Gasteiger partial charge in [-0.15, -0.1) is 0 Å². The Hall–Kier alpha value is -1.36. The topological polar surface area (TPSA) is 70.2 Å². The Kier molecular flexibility index (Phi) is 5.69. The summed E-state index contributed by atoms with van der Waals surface area (Å²) in [7, 11) is 1.48. The maximum absolute atomic E-state index is 11.5. The molecule has 0 fully saturated rings. The summed E-state index contributed by atoms with van der Waals surface area (Å²) >= 11 is 0. The molecule has 17 heavy (non-hydrogen) atoms. The van der Waals surface area contributed by atoms with Crippen molar-refractivity contribution in [2.24, 2.45) is 0 Å². The van der Waals surface area contributed by atoms with Crippen LogP contribution in [0.4, 0.5) is 4.79 Å². The third kappa shape index (κ3) is 4.99. The van der Waals surface area contributed by atoms with Gasteiger partial charge in [-0.25, -0.2) is 4.79 Å². The van der Waals surface area contributed by atoms with Crippen LogP contribution in [0.2, 0.25) is 0 Å². The van der Waals surface area contributed by atoms with E-state index in [0.717, 1.165) is 13.0 Å². The van der Waals surface area contributed by atoms with E-state index in [-0.39, 0.29) is 11.9 Å². The Morgan fingerprint density at radius 2 is 2.24 bits per heavy atom. The normalized spacial score (nSPS) is 16.2. The largest absolute Gasteiger partial charge is 0.341 e. The second kappa shape index (κ2) is 7.06. The molecule has 1 atom stereocenters. The molecule has 0 saturated heterocycles. The second-order valence-electron chi connectivity index (χ2n) is 4.25. The fraction of sp³-hybridized carbons (Fsp3) is 0.667. The van der Waals surface area contributed by atoms with Gasteiger partial charge in [0.25, 0.3) is 0 Å². The summed E-state index contributed by atoms with van der Waals surface area (Å²) in [6.45, 7) is 2.52. The summed E-state index contributed by atoms with van der Waals surface area (Å²) in [5.41, 5.74) is 1.47. The van der Waals surface area contributed by atoms with Gasteiger partial charge in [0.15, 0.2) is 0 Å². The molecular formula is C12H21N3O2. The molecule has 0 aromatic rings. The molecule has 3 N–H and O–H groups in total. The molecule has 0 aromatic heterocycles. The van der Waals surface area contributed by atoms with Crippen molar-refractivity contribution in [1.29, 1.82) is 0 Å². The van der Waals surface area contributed by atoms with Crippen molar-refractivity contribution >= 4 is 11.9 Å². The van der Waals surface area contributed by atoms with Crippen LogP contribution in [0.5, 0.6) is 0 Å². The van der Waals surface area contributed by atoms with Gasteiger partial charge in [-0.05, 0) is 39.2 Å². The molecule has 0 heterocycles. The van der Waals surface area contributed by atoms with E-state index in [1.165, 1.54) is 31.9 Å². The molecule has 0 saturated carbocycles. The summed E-state index contributed by atoms with van der Waals surface area (Å²) < 4.78 is 0. The smallest absolute Gasteiger partial charge is 0.321 e. The predicted molar refractivity (Wildman–Crippen MR) is 66.6 cm³/mol. The van der Waals surface area contributed by atoms with Gasteiger partial charge >= 0.3 is 6.03 Å². The molecule has 1 unspecified atom stereocenters. The first-order valence-electron chi connectivity index (χ1n) is 6.07. The number of allylic oxidation sites excluding steroid dienone is 1. The summed E-state index contributed by atoms with van der Waals surface area (Å²) in [6.07, 6.45) is 6.87. The summed E-state index contributed by atoms with van der Waals surface area (Å²) in [5.74, 6) is -0.301. The highest BCUT2D eigenvalue weighted by Gasteiger charge is 2.14. The Labute approximate surface area is 102 Å². The highest BCUT2D eigenvalue weighted by atomic mass is 16.2. The van der Waals surface area contributed by atoms with Gasteiger partial charge in [0.05, 0.1) is 6.04 Å². The number of carbonyl (C=O) groups is 2. The number of imide groups is 1. The van der Waals surface area contributed by atoms with Gasteiger partial charge in [0, 0.05) is 7.05 Å². The fourth-order valence-corrected chi connectivity index (χ4v) is 1.79. The standard InChI is InChI=1S/C12H21N3O2/c1-9(11(16)15-12(17)13-2)14-8-7-10-5-3-4-6-10/h5,9,14H,3-4,6-8H2,1-2H3,(H2,13,15,16,17). The van der Waals surface area contributed by atoms with E-state index in [0.29, 0.717) is 0 Å². The average molecular weight is 239 g/mol. The number of urea groups is 1. The van der Waals surface area contributed by atoms with Crippen LogP contribution >= 0.6 is 0 Å². The number of nitrogens with one attached hydrogen (secondary N) is 3. The second-order valence-corrected chi connectivity index (χ2v) is 4.25. The van der Waals surface area contributed by atoms with Crippen LogP contribution in [0.3, 0.4) is 0 Å². The fourth-order valence-electron chi connectivity index (χ4n) is 1.79. The third-order valence-electron chi connectivity index (χ3n) is 2.89.